The van der Waals surface area contributed by atoms with Gasteiger partial charge in [-0.3, -0.25) is 4.72 Å². The Labute approximate surface area is 124 Å². The van der Waals surface area contributed by atoms with Crippen LogP contribution in [0.15, 0.2) is 53.4 Å². The lowest BCUT2D eigenvalue weighted by Gasteiger charge is -2.13. The summed E-state index contributed by atoms with van der Waals surface area (Å²) in [5.74, 6) is 0. The van der Waals surface area contributed by atoms with Gasteiger partial charge < -0.3 is 10.4 Å². The van der Waals surface area contributed by atoms with E-state index in [-0.39, 0.29) is 11.5 Å². The van der Waals surface area contributed by atoms with Crippen LogP contribution in [0.3, 0.4) is 0 Å². The van der Waals surface area contributed by atoms with E-state index < -0.39 is 10.0 Å². The van der Waals surface area contributed by atoms with Gasteiger partial charge in [0.2, 0.25) is 0 Å². The van der Waals surface area contributed by atoms with Crippen molar-refractivity contribution in [3.05, 3.63) is 54.1 Å². The van der Waals surface area contributed by atoms with Gasteiger partial charge in [0, 0.05) is 12.2 Å². The Morgan fingerprint density at radius 2 is 1.71 bits per heavy atom. The number of rotatable bonds is 6. The molecule has 0 saturated heterocycles. The maximum absolute atomic E-state index is 12.5. The van der Waals surface area contributed by atoms with Crippen LogP contribution in [0.4, 0.5) is 11.4 Å². The number of hydrogen-bond acceptors (Lipinski definition) is 4. The van der Waals surface area contributed by atoms with Gasteiger partial charge in [-0.2, -0.15) is 0 Å². The quantitative estimate of drug-likeness (QED) is 0.766. The van der Waals surface area contributed by atoms with Crippen molar-refractivity contribution in [3.63, 3.8) is 0 Å². The summed E-state index contributed by atoms with van der Waals surface area (Å²) in [6.07, 6.45) is 0. The highest BCUT2D eigenvalue weighted by atomic mass is 32.2. The smallest absolute Gasteiger partial charge is 0.263 e. The molecule has 0 atom stereocenters. The molecular formula is C15H18N2O3S. The van der Waals surface area contributed by atoms with Crippen molar-refractivity contribution in [2.75, 3.05) is 16.6 Å². The number of nitrogens with one attached hydrogen (secondary N) is 2. The predicted molar refractivity (Wildman–Crippen MR) is 83.8 cm³/mol. The van der Waals surface area contributed by atoms with Gasteiger partial charge in [0.05, 0.1) is 12.3 Å². The van der Waals surface area contributed by atoms with Crippen molar-refractivity contribution in [1.29, 1.82) is 0 Å². The highest BCUT2D eigenvalue weighted by Crippen LogP contribution is 2.23. The largest absolute Gasteiger partial charge is 0.392 e. The minimum Gasteiger partial charge on any atom is -0.392 e. The summed E-state index contributed by atoms with van der Waals surface area (Å²) >= 11 is 0. The monoisotopic (exact) mass is 306 g/mol. The van der Waals surface area contributed by atoms with Crippen LogP contribution in [0.2, 0.25) is 0 Å². The van der Waals surface area contributed by atoms with Crippen LogP contribution in [0, 0.1) is 0 Å². The SMILES string of the molecule is CCNc1ccccc1S(=O)(=O)Nc1ccc(CO)cc1. The van der Waals surface area contributed by atoms with Crippen molar-refractivity contribution in [2.24, 2.45) is 0 Å². The fourth-order valence-electron chi connectivity index (χ4n) is 1.93. The maximum Gasteiger partial charge on any atom is 0.263 e. The Bertz CT molecular complexity index is 697. The van der Waals surface area contributed by atoms with E-state index in [4.69, 9.17) is 5.11 Å². The highest BCUT2D eigenvalue weighted by molar-refractivity contribution is 7.92. The molecule has 0 bridgehead atoms. The van der Waals surface area contributed by atoms with E-state index in [9.17, 15) is 8.42 Å². The average molecular weight is 306 g/mol. The van der Waals surface area contributed by atoms with Crippen molar-refractivity contribution < 1.29 is 13.5 Å². The molecule has 0 aromatic heterocycles. The molecule has 3 N–H and O–H groups in total. The molecule has 21 heavy (non-hydrogen) atoms. The highest BCUT2D eigenvalue weighted by Gasteiger charge is 2.17. The molecule has 0 aliphatic carbocycles. The zero-order valence-electron chi connectivity index (χ0n) is 11.7. The van der Waals surface area contributed by atoms with E-state index in [1.54, 1.807) is 48.5 Å². The lowest BCUT2D eigenvalue weighted by atomic mass is 10.2. The molecule has 0 amide bonds. The molecule has 0 radical (unpaired) electrons. The number of aliphatic hydroxyl groups excluding tert-OH is 1. The molecule has 112 valence electrons. The summed E-state index contributed by atoms with van der Waals surface area (Å²) in [7, 11) is -3.66. The first-order valence-corrected chi connectivity index (χ1v) is 8.10. The average Bonchev–Trinajstić information content (AvgIpc) is 2.48. The van der Waals surface area contributed by atoms with Crippen LogP contribution in [0.1, 0.15) is 12.5 Å². The summed E-state index contributed by atoms with van der Waals surface area (Å²) in [6, 6.07) is 13.4. The summed E-state index contributed by atoms with van der Waals surface area (Å²) < 4.78 is 27.4. The lowest BCUT2D eigenvalue weighted by molar-refractivity contribution is 0.282. The molecular weight excluding hydrogens is 288 g/mol. The van der Waals surface area contributed by atoms with Crippen LogP contribution in [0.25, 0.3) is 0 Å². The zero-order chi connectivity index (χ0) is 15.3. The molecule has 0 spiro atoms. The van der Waals surface area contributed by atoms with Gasteiger partial charge in [-0.1, -0.05) is 24.3 Å². The number of benzene rings is 2. The van der Waals surface area contributed by atoms with E-state index >= 15 is 0 Å². The van der Waals surface area contributed by atoms with Crippen LogP contribution >= 0.6 is 0 Å². The standard InChI is InChI=1S/C15H18N2O3S/c1-2-16-14-5-3-4-6-15(14)21(19,20)17-13-9-7-12(11-18)8-10-13/h3-10,16-18H,2,11H2,1H3. The first-order valence-electron chi connectivity index (χ1n) is 6.62. The molecule has 0 saturated carbocycles. The van der Waals surface area contributed by atoms with Gasteiger partial charge >= 0.3 is 0 Å². The topological polar surface area (TPSA) is 78.4 Å². The number of hydrogen-bond donors (Lipinski definition) is 3. The first-order chi connectivity index (χ1) is 10.1. The zero-order valence-corrected chi connectivity index (χ0v) is 12.5. The van der Waals surface area contributed by atoms with Gasteiger partial charge in [0.1, 0.15) is 4.90 Å². The Morgan fingerprint density at radius 1 is 1.05 bits per heavy atom. The third-order valence-corrected chi connectivity index (χ3v) is 4.37. The second-order valence-corrected chi connectivity index (χ2v) is 6.14. The van der Waals surface area contributed by atoms with Gasteiger partial charge in [-0.25, -0.2) is 8.42 Å². The van der Waals surface area contributed by atoms with Crippen molar-refractivity contribution in [2.45, 2.75) is 18.4 Å². The molecule has 0 fully saturated rings. The second kappa shape index (κ2) is 6.60. The normalized spacial score (nSPS) is 11.1. The van der Waals surface area contributed by atoms with E-state index in [0.717, 1.165) is 5.56 Å². The first kappa shape index (κ1) is 15.3. The summed E-state index contributed by atoms with van der Waals surface area (Å²) in [5, 5.41) is 12.0. The molecule has 0 unspecified atom stereocenters. The number of para-hydroxylation sites is 1. The fraction of sp³-hybridized carbons (Fsp3) is 0.200. The predicted octanol–water partition coefficient (Wildman–Crippen LogP) is 2.41. The Kier molecular flexibility index (Phi) is 4.82. The Morgan fingerprint density at radius 3 is 2.33 bits per heavy atom. The van der Waals surface area contributed by atoms with Crippen LogP contribution in [-0.2, 0) is 16.6 Å². The van der Waals surface area contributed by atoms with Crippen LogP contribution in [0.5, 0.6) is 0 Å². The molecule has 2 aromatic rings. The molecule has 0 aliphatic heterocycles. The molecule has 0 aliphatic rings. The van der Waals surface area contributed by atoms with E-state index in [0.29, 0.717) is 17.9 Å². The summed E-state index contributed by atoms with van der Waals surface area (Å²) in [5.41, 5.74) is 1.75. The van der Waals surface area contributed by atoms with E-state index in [1.165, 1.54) is 0 Å². The third-order valence-electron chi connectivity index (χ3n) is 2.93. The van der Waals surface area contributed by atoms with E-state index in [1.807, 2.05) is 6.92 Å². The van der Waals surface area contributed by atoms with Crippen LogP contribution < -0.4 is 10.0 Å². The third kappa shape index (κ3) is 3.74. The van der Waals surface area contributed by atoms with Gasteiger partial charge in [0.15, 0.2) is 0 Å². The van der Waals surface area contributed by atoms with Crippen LogP contribution in [-0.4, -0.2) is 20.1 Å². The summed E-state index contributed by atoms with van der Waals surface area (Å²) in [6.45, 7) is 2.47. The minimum atomic E-state index is -3.66. The molecule has 0 heterocycles. The molecule has 5 nitrogen and oxygen atoms in total. The maximum atomic E-state index is 12.5. The molecule has 6 heteroatoms. The van der Waals surface area contributed by atoms with Gasteiger partial charge in [0.25, 0.3) is 10.0 Å². The van der Waals surface area contributed by atoms with Crippen molar-refractivity contribution in [3.8, 4) is 0 Å². The summed E-state index contributed by atoms with van der Waals surface area (Å²) in [4.78, 5) is 0.207. The fourth-order valence-corrected chi connectivity index (χ4v) is 3.17. The lowest BCUT2D eigenvalue weighted by Crippen LogP contribution is -2.15. The van der Waals surface area contributed by atoms with Crippen molar-refractivity contribution in [1.82, 2.24) is 0 Å². The molecule has 2 aromatic carbocycles. The number of sulfonamides is 1. The Hall–Kier alpha value is -2.05. The Balaban J connectivity index is 2.29. The van der Waals surface area contributed by atoms with Gasteiger partial charge in [-0.15, -0.1) is 0 Å². The number of aliphatic hydroxyl groups is 1. The second-order valence-electron chi connectivity index (χ2n) is 4.49. The minimum absolute atomic E-state index is 0.0731. The molecule has 2 rings (SSSR count). The number of anilines is 2. The van der Waals surface area contributed by atoms with Gasteiger partial charge in [-0.05, 0) is 36.8 Å². The van der Waals surface area contributed by atoms with Crippen molar-refractivity contribution >= 4 is 21.4 Å². The van der Waals surface area contributed by atoms with E-state index in [2.05, 4.69) is 10.0 Å².